The molecule has 0 aliphatic carbocycles. The Kier molecular flexibility index (Phi) is 5.99. The molecule has 1 aromatic carbocycles. The van der Waals surface area contributed by atoms with Crippen molar-refractivity contribution in [1.29, 1.82) is 0 Å². The SMILES string of the molecule is CCN1C[C@H]2CC(C)c3c(C(=O)NCc4cc(I)c(F)cc4F)c(=O)c(OC)c(n32)C1=O. The zero-order chi connectivity index (χ0) is 23.3. The molecular formula is C22H22F2IN3O4. The van der Waals surface area contributed by atoms with Crippen LogP contribution in [0, 0.1) is 15.2 Å². The lowest BCUT2D eigenvalue weighted by atomic mass is 9.99. The number of halogens is 3. The highest BCUT2D eigenvalue weighted by Gasteiger charge is 2.43. The van der Waals surface area contributed by atoms with Gasteiger partial charge < -0.3 is 19.5 Å². The number of rotatable bonds is 5. The first kappa shape index (κ1) is 22.7. The molecule has 10 heteroatoms. The van der Waals surface area contributed by atoms with E-state index in [2.05, 4.69) is 5.32 Å². The number of likely N-dealkylation sites (N-methyl/N-ethyl adjacent to an activating group) is 1. The van der Waals surface area contributed by atoms with Crippen molar-refractivity contribution in [3.8, 4) is 5.75 Å². The predicted octanol–water partition coefficient (Wildman–Crippen LogP) is 3.19. The van der Waals surface area contributed by atoms with Gasteiger partial charge in [-0.25, -0.2) is 8.78 Å². The summed E-state index contributed by atoms with van der Waals surface area (Å²) < 4.78 is 34.9. The summed E-state index contributed by atoms with van der Waals surface area (Å²) in [5, 5.41) is 2.58. The summed E-state index contributed by atoms with van der Waals surface area (Å²) in [6.07, 6.45) is 0.675. The number of nitrogens with zero attached hydrogens (tertiary/aromatic N) is 2. The van der Waals surface area contributed by atoms with Crippen LogP contribution in [0.1, 0.15) is 64.3 Å². The lowest BCUT2D eigenvalue weighted by Gasteiger charge is -2.34. The van der Waals surface area contributed by atoms with Crippen molar-refractivity contribution in [2.75, 3.05) is 20.2 Å². The Balaban J connectivity index is 1.78. The molecule has 32 heavy (non-hydrogen) atoms. The van der Waals surface area contributed by atoms with Crippen molar-refractivity contribution < 1.29 is 23.1 Å². The van der Waals surface area contributed by atoms with Crippen LogP contribution < -0.4 is 15.5 Å². The predicted molar refractivity (Wildman–Crippen MR) is 121 cm³/mol. The van der Waals surface area contributed by atoms with E-state index in [9.17, 15) is 23.2 Å². The Hall–Kier alpha value is -2.50. The largest absolute Gasteiger partial charge is 0.491 e. The highest BCUT2D eigenvalue weighted by molar-refractivity contribution is 14.1. The second-order valence-corrected chi connectivity index (χ2v) is 9.18. The van der Waals surface area contributed by atoms with Crippen LogP contribution >= 0.6 is 22.6 Å². The first-order valence-corrected chi connectivity index (χ1v) is 11.3. The Bertz CT molecular complexity index is 1200. The fraction of sp³-hybridized carbons (Fsp3) is 0.409. The van der Waals surface area contributed by atoms with Gasteiger partial charge in [0.1, 0.15) is 17.2 Å². The molecule has 4 rings (SSSR count). The van der Waals surface area contributed by atoms with Crippen LogP contribution in [0.5, 0.6) is 5.75 Å². The molecule has 0 saturated carbocycles. The number of ether oxygens (including phenoxy) is 1. The van der Waals surface area contributed by atoms with Gasteiger partial charge in [0.2, 0.25) is 5.43 Å². The molecule has 1 unspecified atom stereocenters. The molecule has 2 aliphatic heterocycles. The van der Waals surface area contributed by atoms with Gasteiger partial charge in [0.25, 0.3) is 11.8 Å². The minimum absolute atomic E-state index is 0.0650. The van der Waals surface area contributed by atoms with Gasteiger partial charge in [0.15, 0.2) is 11.4 Å². The molecule has 0 saturated heterocycles. The zero-order valence-electron chi connectivity index (χ0n) is 17.8. The summed E-state index contributed by atoms with van der Waals surface area (Å²) in [4.78, 5) is 41.1. The van der Waals surface area contributed by atoms with Crippen molar-refractivity contribution in [2.45, 2.75) is 38.8 Å². The minimum Gasteiger partial charge on any atom is -0.491 e. The van der Waals surface area contributed by atoms with Crippen LogP contribution in [0.2, 0.25) is 0 Å². The molecule has 0 radical (unpaired) electrons. The third-order valence-corrected chi connectivity index (χ3v) is 6.95. The van der Waals surface area contributed by atoms with E-state index < -0.39 is 23.0 Å². The highest BCUT2D eigenvalue weighted by atomic mass is 127. The van der Waals surface area contributed by atoms with E-state index in [4.69, 9.17) is 4.74 Å². The smallest absolute Gasteiger partial charge is 0.274 e. The van der Waals surface area contributed by atoms with Crippen LogP contribution in [-0.2, 0) is 6.54 Å². The number of nitrogens with one attached hydrogen (secondary N) is 1. The quantitative estimate of drug-likeness (QED) is 0.453. The molecule has 7 nitrogen and oxygen atoms in total. The Morgan fingerprint density at radius 2 is 2.00 bits per heavy atom. The second kappa shape index (κ2) is 8.45. The molecule has 2 amide bonds. The number of benzene rings is 1. The van der Waals surface area contributed by atoms with E-state index in [0.717, 1.165) is 6.07 Å². The average molecular weight is 557 g/mol. The van der Waals surface area contributed by atoms with E-state index in [1.165, 1.54) is 13.2 Å². The molecule has 170 valence electrons. The number of pyridine rings is 1. The number of methoxy groups -OCH3 is 1. The molecule has 0 bridgehead atoms. The van der Waals surface area contributed by atoms with Crippen LogP contribution in [0.4, 0.5) is 8.78 Å². The molecule has 0 spiro atoms. The summed E-state index contributed by atoms with van der Waals surface area (Å²) >= 11 is 1.74. The average Bonchev–Trinajstić information content (AvgIpc) is 3.07. The van der Waals surface area contributed by atoms with Gasteiger partial charge in [-0.05, 0) is 47.9 Å². The van der Waals surface area contributed by atoms with Gasteiger partial charge in [-0.15, -0.1) is 0 Å². The first-order valence-electron chi connectivity index (χ1n) is 10.3. The third kappa shape index (κ3) is 3.48. The minimum atomic E-state index is -0.786. The molecule has 2 atom stereocenters. The maximum absolute atomic E-state index is 14.1. The molecule has 0 fully saturated rings. The summed E-state index contributed by atoms with van der Waals surface area (Å²) in [7, 11) is 1.29. The van der Waals surface area contributed by atoms with Crippen LogP contribution in [0.3, 0.4) is 0 Å². The van der Waals surface area contributed by atoms with Crippen LogP contribution in [-0.4, -0.2) is 41.5 Å². The molecule has 3 heterocycles. The van der Waals surface area contributed by atoms with Crippen molar-refractivity contribution >= 4 is 34.4 Å². The standard InChI is InChI=1S/C22H22F2IN3O4/c1-4-27-9-12-5-10(2)17-16(19(29)20(32-3)18(22(27)31)28(12)17)21(30)26-8-11-6-15(25)14(24)7-13(11)23/h6-7,10,12H,4-5,8-9H2,1-3H3,(H,26,30)/t10?,12-/m1/s1. The van der Waals surface area contributed by atoms with Gasteiger partial charge >= 0.3 is 0 Å². The fourth-order valence-corrected chi connectivity index (χ4v) is 5.20. The Morgan fingerprint density at radius 3 is 2.66 bits per heavy atom. The number of hydrogen-bond acceptors (Lipinski definition) is 4. The van der Waals surface area contributed by atoms with Crippen molar-refractivity contribution in [3.63, 3.8) is 0 Å². The topological polar surface area (TPSA) is 80.6 Å². The van der Waals surface area contributed by atoms with E-state index in [0.29, 0.717) is 25.2 Å². The van der Waals surface area contributed by atoms with Crippen LogP contribution in [0.15, 0.2) is 16.9 Å². The zero-order valence-corrected chi connectivity index (χ0v) is 20.0. The second-order valence-electron chi connectivity index (χ2n) is 8.02. The maximum Gasteiger partial charge on any atom is 0.274 e. The fourth-order valence-electron chi connectivity index (χ4n) is 4.66. The highest BCUT2D eigenvalue weighted by Crippen LogP contribution is 2.43. The van der Waals surface area contributed by atoms with E-state index in [1.54, 1.807) is 32.1 Å². The van der Waals surface area contributed by atoms with Gasteiger partial charge in [-0.2, -0.15) is 0 Å². The van der Waals surface area contributed by atoms with Crippen LogP contribution in [0.25, 0.3) is 0 Å². The monoisotopic (exact) mass is 557 g/mol. The molecule has 2 aliphatic rings. The molecule has 1 aromatic heterocycles. The molecule has 2 aromatic rings. The number of carbonyl (C=O) groups excluding carboxylic acids is 2. The summed E-state index contributed by atoms with van der Waals surface area (Å²) in [5.41, 5.74) is -0.00254. The van der Waals surface area contributed by atoms with E-state index >= 15 is 0 Å². The lowest BCUT2D eigenvalue weighted by molar-refractivity contribution is 0.0675. The normalized spacial score (nSPS) is 19.2. The summed E-state index contributed by atoms with van der Waals surface area (Å²) in [6, 6.07) is 2.00. The lowest BCUT2D eigenvalue weighted by Crippen LogP contribution is -2.44. The number of hydrogen-bond donors (Lipinski definition) is 1. The number of aromatic nitrogens is 1. The number of carbonyl (C=O) groups is 2. The molecule has 1 N–H and O–H groups in total. The van der Waals surface area contributed by atoms with Crippen molar-refractivity contribution in [2.24, 2.45) is 0 Å². The molecular weight excluding hydrogens is 535 g/mol. The Labute approximate surface area is 196 Å². The first-order chi connectivity index (χ1) is 15.2. The van der Waals surface area contributed by atoms with Gasteiger partial charge in [-0.1, -0.05) is 6.92 Å². The summed E-state index contributed by atoms with van der Waals surface area (Å²) in [6.45, 7) is 4.55. The van der Waals surface area contributed by atoms with Gasteiger partial charge in [0, 0.05) is 40.5 Å². The van der Waals surface area contributed by atoms with Gasteiger partial charge in [0.05, 0.1) is 13.2 Å². The van der Waals surface area contributed by atoms with E-state index in [1.807, 2.05) is 13.8 Å². The van der Waals surface area contributed by atoms with Crippen molar-refractivity contribution in [1.82, 2.24) is 14.8 Å². The number of amides is 2. The summed E-state index contributed by atoms with van der Waals surface area (Å²) in [5.74, 6) is -2.76. The van der Waals surface area contributed by atoms with Crippen molar-refractivity contribution in [3.05, 3.63) is 60.1 Å². The van der Waals surface area contributed by atoms with Gasteiger partial charge in [-0.3, -0.25) is 14.4 Å². The maximum atomic E-state index is 14.1. The third-order valence-electron chi connectivity index (χ3n) is 6.13. The van der Waals surface area contributed by atoms with E-state index in [-0.39, 0.29) is 50.6 Å². The Morgan fingerprint density at radius 1 is 1.28 bits per heavy atom.